The van der Waals surface area contributed by atoms with Crippen molar-refractivity contribution >= 4 is 15.9 Å². The van der Waals surface area contributed by atoms with Gasteiger partial charge in [0.2, 0.25) is 15.9 Å². The highest BCUT2D eigenvalue weighted by molar-refractivity contribution is 7.89. The Labute approximate surface area is 179 Å². The van der Waals surface area contributed by atoms with E-state index in [0.29, 0.717) is 31.7 Å². The van der Waals surface area contributed by atoms with Crippen molar-refractivity contribution in [3.63, 3.8) is 0 Å². The molecule has 0 aliphatic carbocycles. The first kappa shape index (κ1) is 22.3. The fourth-order valence-corrected chi connectivity index (χ4v) is 5.23. The summed E-state index contributed by atoms with van der Waals surface area (Å²) in [5.41, 5.74) is 2.28. The van der Waals surface area contributed by atoms with Gasteiger partial charge in [0.05, 0.1) is 18.0 Å². The van der Waals surface area contributed by atoms with Gasteiger partial charge >= 0.3 is 0 Å². The van der Waals surface area contributed by atoms with Crippen molar-refractivity contribution in [2.45, 2.75) is 44.0 Å². The molecule has 0 unspecified atom stereocenters. The summed E-state index contributed by atoms with van der Waals surface area (Å²) in [5, 5.41) is 3.15. The van der Waals surface area contributed by atoms with Gasteiger partial charge in [0.1, 0.15) is 5.75 Å². The zero-order chi connectivity index (χ0) is 21.7. The van der Waals surface area contributed by atoms with Crippen molar-refractivity contribution < 1.29 is 17.9 Å². The predicted molar refractivity (Wildman–Crippen MR) is 117 cm³/mol. The summed E-state index contributed by atoms with van der Waals surface area (Å²) in [6, 6.07) is 14.6. The number of aryl methyl sites for hydroxylation is 1. The van der Waals surface area contributed by atoms with Crippen LogP contribution in [0.3, 0.4) is 0 Å². The van der Waals surface area contributed by atoms with Gasteiger partial charge in [-0.2, -0.15) is 4.31 Å². The van der Waals surface area contributed by atoms with E-state index >= 15 is 0 Å². The number of nitrogens with zero attached hydrogens (tertiary/aromatic N) is 1. The van der Waals surface area contributed by atoms with E-state index in [2.05, 4.69) is 12.2 Å². The Bertz CT molecular complexity index is 948. The highest BCUT2D eigenvalue weighted by atomic mass is 32.2. The number of sulfonamides is 1. The van der Waals surface area contributed by atoms with Gasteiger partial charge in [0.25, 0.3) is 0 Å². The third kappa shape index (κ3) is 5.02. The molecule has 1 N–H and O–H groups in total. The lowest BCUT2D eigenvalue weighted by Gasteiger charge is -2.31. The van der Waals surface area contributed by atoms with Gasteiger partial charge in [-0.25, -0.2) is 8.42 Å². The molecule has 30 heavy (non-hydrogen) atoms. The molecule has 1 saturated heterocycles. The normalized spacial score (nSPS) is 16.8. The van der Waals surface area contributed by atoms with Crippen LogP contribution in [0.4, 0.5) is 0 Å². The average molecular weight is 431 g/mol. The second kappa shape index (κ2) is 9.62. The molecular formula is C23H30N2O4S. The first-order valence-electron chi connectivity index (χ1n) is 10.4. The number of piperidine rings is 1. The molecule has 2 aromatic rings. The van der Waals surface area contributed by atoms with E-state index in [0.717, 1.165) is 12.0 Å². The van der Waals surface area contributed by atoms with E-state index in [9.17, 15) is 13.2 Å². The molecule has 1 amide bonds. The molecule has 7 heteroatoms. The SMILES string of the molecule is CC[C@H](NC(=O)C1CCN(S(=O)(=O)c2ccc(OC)cc2)CC1)c1ccc(C)cc1. The molecule has 2 aromatic carbocycles. The van der Waals surface area contributed by atoms with Crippen LogP contribution in [0.5, 0.6) is 5.75 Å². The lowest BCUT2D eigenvalue weighted by Crippen LogP contribution is -2.43. The maximum Gasteiger partial charge on any atom is 0.243 e. The molecule has 0 saturated carbocycles. The summed E-state index contributed by atoms with van der Waals surface area (Å²) in [4.78, 5) is 13.1. The molecule has 0 bridgehead atoms. The van der Waals surface area contributed by atoms with Gasteiger partial charge in [-0.1, -0.05) is 36.8 Å². The number of ether oxygens (including phenoxy) is 1. The Balaban J connectivity index is 1.59. The third-order valence-electron chi connectivity index (χ3n) is 5.73. The summed E-state index contributed by atoms with van der Waals surface area (Å²) in [7, 11) is -2.02. The predicted octanol–water partition coefficient (Wildman–Crippen LogP) is 3.67. The quantitative estimate of drug-likeness (QED) is 0.727. The van der Waals surface area contributed by atoms with Gasteiger partial charge in [0.15, 0.2) is 0 Å². The van der Waals surface area contributed by atoms with Crippen molar-refractivity contribution in [2.75, 3.05) is 20.2 Å². The average Bonchev–Trinajstić information content (AvgIpc) is 2.78. The molecule has 1 aliphatic heterocycles. The van der Waals surface area contributed by atoms with Crippen LogP contribution in [0.25, 0.3) is 0 Å². The number of hydrogen-bond donors (Lipinski definition) is 1. The Morgan fingerprint density at radius 2 is 1.70 bits per heavy atom. The van der Waals surface area contributed by atoms with E-state index in [-0.39, 0.29) is 22.8 Å². The van der Waals surface area contributed by atoms with Gasteiger partial charge < -0.3 is 10.1 Å². The van der Waals surface area contributed by atoms with Crippen LogP contribution in [-0.4, -0.2) is 38.8 Å². The number of carbonyl (C=O) groups is 1. The van der Waals surface area contributed by atoms with E-state index < -0.39 is 10.0 Å². The molecule has 1 fully saturated rings. The Hall–Kier alpha value is -2.38. The van der Waals surface area contributed by atoms with Crippen LogP contribution in [0.2, 0.25) is 0 Å². The van der Waals surface area contributed by atoms with Crippen LogP contribution in [0, 0.1) is 12.8 Å². The Kier molecular flexibility index (Phi) is 7.15. The number of rotatable bonds is 7. The number of methoxy groups -OCH3 is 1. The van der Waals surface area contributed by atoms with Gasteiger partial charge in [-0.15, -0.1) is 0 Å². The van der Waals surface area contributed by atoms with Crippen LogP contribution >= 0.6 is 0 Å². The molecular weight excluding hydrogens is 400 g/mol. The zero-order valence-electron chi connectivity index (χ0n) is 17.8. The van der Waals surface area contributed by atoms with E-state index in [1.165, 1.54) is 9.87 Å². The van der Waals surface area contributed by atoms with Crippen molar-refractivity contribution in [1.29, 1.82) is 0 Å². The summed E-state index contributed by atoms with van der Waals surface area (Å²) < 4.78 is 32.3. The van der Waals surface area contributed by atoms with Crippen molar-refractivity contribution in [3.8, 4) is 5.75 Å². The number of amides is 1. The largest absolute Gasteiger partial charge is 0.497 e. The lowest BCUT2D eigenvalue weighted by atomic mass is 9.95. The first-order chi connectivity index (χ1) is 14.3. The smallest absolute Gasteiger partial charge is 0.243 e. The number of nitrogens with one attached hydrogen (secondary N) is 1. The molecule has 162 valence electrons. The minimum Gasteiger partial charge on any atom is -0.497 e. The van der Waals surface area contributed by atoms with Crippen LogP contribution in [-0.2, 0) is 14.8 Å². The molecule has 1 atom stereocenters. The molecule has 1 heterocycles. The third-order valence-corrected chi connectivity index (χ3v) is 7.64. The second-order valence-corrected chi connectivity index (χ2v) is 9.67. The standard InChI is InChI=1S/C23H30N2O4S/c1-4-22(18-7-5-17(2)6-8-18)24-23(26)19-13-15-25(16-14-19)30(27,28)21-11-9-20(29-3)10-12-21/h5-12,19,22H,4,13-16H2,1-3H3,(H,24,26)/t22-/m0/s1. The van der Waals surface area contributed by atoms with Crippen LogP contribution in [0.1, 0.15) is 43.4 Å². The molecule has 0 spiro atoms. The topological polar surface area (TPSA) is 75.7 Å². The Morgan fingerprint density at radius 3 is 2.23 bits per heavy atom. The van der Waals surface area contributed by atoms with Crippen molar-refractivity contribution in [3.05, 3.63) is 59.7 Å². The van der Waals surface area contributed by atoms with Crippen LogP contribution < -0.4 is 10.1 Å². The maximum atomic E-state index is 12.9. The highest BCUT2D eigenvalue weighted by Crippen LogP contribution is 2.26. The number of carbonyl (C=O) groups excluding carboxylic acids is 1. The number of benzene rings is 2. The number of hydrogen-bond acceptors (Lipinski definition) is 4. The minimum absolute atomic E-state index is 0.00363. The summed E-state index contributed by atoms with van der Waals surface area (Å²) >= 11 is 0. The summed E-state index contributed by atoms with van der Waals surface area (Å²) in [5.74, 6) is 0.444. The molecule has 1 aliphatic rings. The molecule has 0 radical (unpaired) electrons. The van der Waals surface area contributed by atoms with E-state index in [1.54, 1.807) is 31.4 Å². The van der Waals surface area contributed by atoms with Gasteiger partial charge in [0, 0.05) is 19.0 Å². The Morgan fingerprint density at radius 1 is 1.10 bits per heavy atom. The second-order valence-electron chi connectivity index (χ2n) is 7.73. The zero-order valence-corrected chi connectivity index (χ0v) is 18.6. The molecule has 3 rings (SSSR count). The summed E-state index contributed by atoms with van der Waals surface area (Å²) in [6.45, 7) is 4.77. The van der Waals surface area contributed by atoms with Crippen LogP contribution in [0.15, 0.2) is 53.4 Å². The van der Waals surface area contributed by atoms with E-state index in [4.69, 9.17) is 4.74 Å². The lowest BCUT2D eigenvalue weighted by molar-refractivity contribution is -0.126. The first-order valence-corrected chi connectivity index (χ1v) is 11.8. The fourth-order valence-electron chi connectivity index (χ4n) is 3.76. The van der Waals surface area contributed by atoms with Crippen molar-refractivity contribution in [2.24, 2.45) is 5.92 Å². The van der Waals surface area contributed by atoms with Gasteiger partial charge in [-0.3, -0.25) is 4.79 Å². The molecule has 0 aromatic heterocycles. The van der Waals surface area contributed by atoms with Gasteiger partial charge in [-0.05, 0) is 56.0 Å². The fraction of sp³-hybridized carbons (Fsp3) is 0.435. The van der Waals surface area contributed by atoms with Crippen molar-refractivity contribution in [1.82, 2.24) is 9.62 Å². The molecule has 6 nitrogen and oxygen atoms in total. The summed E-state index contributed by atoms with van der Waals surface area (Å²) in [6.07, 6.45) is 1.84. The van der Waals surface area contributed by atoms with E-state index in [1.807, 2.05) is 31.2 Å². The monoisotopic (exact) mass is 430 g/mol. The maximum absolute atomic E-state index is 12.9. The highest BCUT2D eigenvalue weighted by Gasteiger charge is 2.32. The minimum atomic E-state index is -3.56.